The molecule has 33 heavy (non-hydrogen) atoms. The van der Waals surface area contributed by atoms with E-state index in [4.69, 9.17) is 11.6 Å². The summed E-state index contributed by atoms with van der Waals surface area (Å²) in [7, 11) is 0. The fourth-order valence-electron chi connectivity index (χ4n) is 3.19. The molecule has 0 aliphatic rings. The lowest BCUT2D eigenvalue weighted by Crippen LogP contribution is -2.22. The van der Waals surface area contributed by atoms with E-state index in [-0.39, 0.29) is 28.9 Å². The van der Waals surface area contributed by atoms with Gasteiger partial charge in [-0.2, -0.15) is 5.10 Å². The predicted octanol–water partition coefficient (Wildman–Crippen LogP) is 4.30. The Labute approximate surface area is 198 Å². The van der Waals surface area contributed by atoms with Crippen molar-refractivity contribution in [1.82, 2.24) is 15.0 Å². The van der Waals surface area contributed by atoms with Crippen LogP contribution in [-0.4, -0.2) is 32.5 Å². The lowest BCUT2D eigenvalue weighted by atomic mass is 10.1. The average Bonchev–Trinajstić information content (AvgIpc) is 2.82. The molecular weight excluding hydrogens is 460 g/mol. The van der Waals surface area contributed by atoms with E-state index >= 15 is 0 Å². The van der Waals surface area contributed by atoms with E-state index in [1.807, 2.05) is 31.2 Å². The SMILES string of the molecule is Cc1ccc(SCC(=O)NN=Cc2c(O)n(-c3ccc(Cl)cn3)c(=O)c3ccccc23)cc1. The Kier molecular flexibility index (Phi) is 6.76. The van der Waals surface area contributed by atoms with Gasteiger partial charge in [-0.1, -0.05) is 47.5 Å². The zero-order valence-electron chi connectivity index (χ0n) is 17.5. The van der Waals surface area contributed by atoms with Crippen molar-refractivity contribution in [1.29, 1.82) is 0 Å². The number of amides is 1. The van der Waals surface area contributed by atoms with Crippen LogP contribution in [0.25, 0.3) is 16.6 Å². The van der Waals surface area contributed by atoms with Crippen molar-refractivity contribution in [2.75, 3.05) is 5.75 Å². The van der Waals surface area contributed by atoms with Crippen LogP contribution >= 0.6 is 23.4 Å². The molecule has 0 radical (unpaired) electrons. The largest absolute Gasteiger partial charge is 0.494 e. The van der Waals surface area contributed by atoms with Gasteiger partial charge in [-0.3, -0.25) is 9.59 Å². The third kappa shape index (κ3) is 5.08. The van der Waals surface area contributed by atoms with E-state index in [9.17, 15) is 14.7 Å². The molecule has 0 fully saturated rings. The molecular formula is C24H19ClN4O3S. The molecule has 2 aromatic heterocycles. The number of halogens is 1. The van der Waals surface area contributed by atoms with Crippen molar-refractivity contribution < 1.29 is 9.90 Å². The van der Waals surface area contributed by atoms with Crippen molar-refractivity contribution in [3.63, 3.8) is 0 Å². The Morgan fingerprint density at radius 3 is 2.58 bits per heavy atom. The number of rotatable bonds is 6. The normalized spacial score (nSPS) is 11.2. The molecule has 0 saturated carbocycles. The topological polar surface area (TPSA) is 96.6 Å². The maximum Gasteiger partial charge on any atom is 0.267 e. The minimum atomic E-state index is -0.436. The Bertz CT molecular complexity index is 1400. The van der Waals surface area contributed by atoms with Gasteiger partial charge in [0.2, 0.25) is 11.8 Å². The van der Waals surface area contributed by atoms with Gasteiger partial charge in [-0.05, 0) is 37.3 Å². The molecule has 0 spiro atoms. The number of pyridine rings is 2. The van der Waals surface area contributed by atoms with Crippen LogP contribution in [-0.2, 0) is 4.79 Å². The molecule has 9 heteroatoms. The van der Waals surface area contributed by atoms with E-state index in [0.29, 0.717) is 15.8 Å². The van der Waals surface area contributed by atoms with Crippen LogP contribution in [0.3, 0.4) is 0 Å². The first-order valence-electron chi connectivity index (χ1n) is 9.94. The van der Waals surface area contributed by atoms with Crippen molar-refractivity contribution in [3.8, 4) is 11.7 Å². The molecule has 2 N–H and O–H groups in total. The highest BCUT2D eigenvalue weighted by molar-refractivity contribution is 8.00. The number of hydrogen-bond acceptors (Lipinski definition) is 6. The quantitative estimate of drug-likeness (QED) is 0.245. The molecule has 2 heterocycles. The highest BCUT2D eigenvalue weighted by atomic mass is 35.5. The van der Waals surface area contributed by atoms with Crippen LogP contribution in [0.4, 0.5) is 0 Å². The number of fused-ring (bicyclic) bond motifs is 1. The molecule has 4 aromatic rings. The number of aryl methyl sites for hydroxylation is 1. The summed E-state index contributed by atoms with van der Waals surface area (Å²) in [4.78, 5) is 30.4. The first-order valence-corrected chi connectivity index (χ1v) is 11.3. The number of nitrogens with one attached hydrogen (secondary N) is 1. The maximum absolute atomic E-state index is 13.0. The Morgan fingerprint density at radius 2 is 1.88 bits per heavy atom. The summed E-state index contributed by atoms with van der Waals surface area (Å²) in [5.41, 5.74) is 3.45. The summed E-state index contributed by atoms with van der Waals surface area (Å²) in [5, 5.41) is 16.2. The molecule has 2 aromatic carbocycles. The van der Waals surface area contributed by atoms with Gasteiger partial charge in [-0.15, -0.1) is 11.8 Å². The van der Waals surface area contributed by atoms with Gasteiger partial charge in [0.1, 0.15) is 5.82 Å². The van der Waals surface area contributed by atoms with Crippen molar-refractivity contribution in [2.24, 2.45) is 5.10 Å². The van der Waals surface area contributed by atoms with Crippen LogP contribution in [0.1, 0.15) is 11.1 Å². The lowest BCUT2D eigenvalue weighted by molar-refractivity contribution is -0.118. The number of hydrogen-bond donors (Lipinski definition) is 2. The number of nitrogens with zero attached hydrogens (tertiary/aromatic N) is 3. The second-order valence-electron chi connectivity index (χ2n) is 7.15. The van der Waals surface area contributed by atoms with Gasteiger partial charge < -0.3 is 5.11 Å². The van der Waals surface area contributed by atoms with Crippen LogP contribution in [0.2, 0.25) is 5.02 Å². The molecule has 0 aliphatic heterocycles. The molecule has 0 saturated heterocycles. The first kappa shape index (κ1) is 22.6. The van der Waals surface area contributed by atoms with Crippen molar-refractivity contribution in [2.45, 2.75) is 11.8 Å². The summed E-state index contributed by atoms with van der Waals surface area (Å²) < 4.78 is 1.08. The summed E-state index contributed by atoms with van der Waals surface area (Å²) in [5.74, 6) is -0.254. The zero-order valence-corrected chi connectivity index (χ0v) is 19.1. The van der Waals surface area contributed by atoms with Gasteiger partial charge >= 0.3 is 0 Å². The fraction of sp³-hybridized carbons (Fsp3) is 0.0833. The minimum Gasteiger partial charge on any atom is -0.494 e. The summed E-state index contributed by atoms with van der Waals surface area (Å²) in [6.45, 7) is 2.00. The minimum absolute atomic E-state index is 0.182. The van der Waals surface area contributed by atoms with Crippen LogP contribution in [0, 0.1) is 6.92 Å². The van der Waals surface area contributed by atoms with Gasteiger partial charge in [-0.25, -0.2) is 15.0 Å². The van der Waals surface area contributed by atoms with Crippen molar-refractivity contribution >= 4 is 46.3 Å². The molecule has 1 amide bonds. The zero-order chi connectivity index (χ0) is 23.4. The Balaban J connectivity index is 1.61. The van der Waals surface area contributed by atoms with Gasteiger partial charge in [0.15, 0.2) is 0 Å². The molecule has 4 rings (SSSR count). The van der Waals surface area contributed by atoms with Gasteiger partial charge in [0.05, 0.1) is 22.6 Å². The average molecular weight is 479 g/mol. The predicted molar refractivity (Wildman–Crippen MR) is 132 cm³/mol. The number of thioether (sulfide) groups is 1. The second-order valence-corrected chi connectivity index (χ2v) is 8.64. The van der Waals surface area contributed by atoms with E-state index in [0.717, 1.165) is 15.0 Å². The van der Waals surface area contributed by atoms with Crippen molar-refractivity contribution in [3.05, 3.63) is 93.4 Å². The smallest absolute Gasteiger partial charge is 0.267 e. The number of carbonyl (C=O) groups excluding carboxylic acids is 1. The van der Waals surface area contributed by atoms with Crippen LogP contribution in [0.5, 0.6) is 5.88 Å². The number of carbonyl (C=O) groups is 1. The standard InChI is InChI=1S/C24H19ClN4O3S/c1-15-6-9-17(10-7-15)33-14-22(30)28-27-13-20-18-4-2-3-5-19(18)23(31)29(24(20)32)21-11-8-16(25)12-26-21/h2-13,32H,14H2,1H3,(H,28,30). The third-order valence-electron chi connectivity index (χ3n) is 4.82. The number of hydrazone groups is 1. The second kappa shape index (κ2) is 9.89. The first-order chi connectivity index (χ1) is 15.9. The molecule has 0 bridgehead atoms. The molecule has 0 aliphatic carbocycles. The number of aromatic hydroxyl groups is 1. The van der Waals surface area contributed by atoms with E-state index < -0.39 is 5.56 Å². The molecule has 0 unspecified atom stereocenters. The fourth-order valence-corrected chi connectivity index (χ4v) is 3.99. The van der Waals surface area contributed by atoms with Gasteiger partial charge in [0.25, 0.3) is 5.56 Å². The Hall–Kier alpha value is -3.62. The van der Waals surface area contributed by atoms with Crippen LogP contribution < -0.4 is 11.0 Å². The molecule has 166 valence electrons. The Morgan fingerprint density at radius 1 is 1.15 bits per heavy atom. The highest BCUT2D eigenvalue weighted by Gasteiger charge is 2.17. The third-order valence-corrected chi connectivity index (χ3v) is 6.05. The number of aromatic nitrogens is 2. The summed E-state index contributed by atoms with van der Waals surface area (Å²) in [6.07, 6.45) is 2.70. The molecule has 7 nitrogen and oxygen atoms in total. The summed E-state index contributed by atoms with van der Waals surface area (Å²) in [6, 6.07) is 17.8. The van der Waals surface area contributed by atoms with E-state index in [1.54, 1.807) is 30.3 Å². The number of benzene rings is 2. The lowest BCUT2D eigenvalue weighted by Gasteiger charge is -2.13. The highest BCUT2D eigenvalue weighted by Crippen LogP contribution is 2.25. The van der Waals surface area contributed by atoms with Crippen LogP contribution in [0.15, 0.2) is 81.7 Å². The maximum atomic E-state index is 13.0. The van der Waals surface area contributed by atoms with Gasteiger partial charge in [0, 0.05) is 21.9 Å². The molecule has 0 atom stereocenters. The van der Waals surface area contributed by atoms with E-state index in [1.165, 1.54) is 30.2 Å². The monoisotopic (exact) mass is 478 g/mol. The summed E-state index contributed by atoms with van der Waals surface area (Å²) >= 11 is 7.29. The van der Waals surface area contributed by atoms with E-state index in [2.05, 4.69) is 15.5 Å².